The lowest BCUT2D eigenvalue weighted by atomic mass is 9.73. The normalized spacial score (nSPS) is 19.0. The van der Waals surface area contributed by atoms with Crippen molar-refractivity contribution >= 4 is 29.5 Å². The van der Waals surface area contributed by atoms with Gasteiger partial charge in [0, 0.05) is 26.6 Å². The number of alkyl carbamates (subject to hydrolysis) is 1. The second-order valence-corrected chi connectivity index (χ2v) is 13.0. The molecule has 2 aliphatic heterocycles. The SMILES string of the molecule is CN1N=C2CCN(C(=O)[C@@H](COCc3ccccc3)NC(=O)C(C)(C)NC(=O)OC(C)(C)C)CC2(Cc2ccc(F)cc2)C1=O. The van der Waals surface area contributed by atoms with E-state index in [1.165, 1.54) is 31.0 Å². The van der Waals surface area contributed by atoms with E-state index in [9.17, 15) is 23.6 Å². The van der Waals surface area contributed by atoms with Crippen LogP contribution in [0, 0.1) is 11.2 Å². The van der Waals surface area contributed by atoms with Crippen LogP contribution < -0.4 is 10.6 Å². The number of halogens is 1. The van der Waals surface area contributed by atoms with Crippen LogP contribution in [0.3, 0.4) is 0 Å². The predicted octanol–water partition coefficient (Wildman–Crippen LogP) is 3.42. The highest BCUT2D eigenvalue weighted by Crippen LogP contribution is 2.38. The number of fused-ring (bicyclic) bond motifs is 1. The third-order valence-corrected chi connectivity index (χ3v) is 7.72. The van der Waals surface area contributed by atoms with Crippen molar-refractivity contribution in [3.63, 3.8) is 0 Å². The maximum atomic E-state index is 14.1. The minimum absolute atomic E-state index is 0.0236. The Hall–Kier alpha value is -4.32. The average Bonchev–Trinajstić information content (AvgIpc) is 3.21. The Bertz CT molecular complexity index is 1440. The highest BCUT2D eigenvalue weighted by Gasteiger charge is 2.54. The summed E-state index contributed by atoms with van der Waals surface area (Å²) >= 11 is 0. The molecule has 4 amide bonds. The third-order valence-electron chi connectivity index (χ3n) is 7.72. The van der Waals surface area contributed by atoms with E-state index in [2.05, 4.69) is 15.7 Å². The Kier molecular flexibility index (Phi) is 9.96. The fourth-order valence-electron chi connectivity index (χ4n) is 5.44. The Balaban J connectivity index is 1.55. The van der Waals surface area contributed by atoms with Crippen LogP contribution in [0.25, 0.3) is 0 Å². The Morgan fingerprint density at radius 2 is 1.69 bits per heavy atom. The first-order chi connectivity index (χ1) is 21.1. The number of piperidine rings is 1. The van der Waals surface area contributed by atoms with Gasteiger partial charge in [-0.05, 0) is 64.3 Å². The molecule has 2 heterocycles. The van der Waals surface area contributed by atoms with Crippen LogP contribution in [0.4, 0.5) is 9.18 Å². The molecule has 11 nitrogen and oxygen atoms in total. The predicted molar refractivity (Wildman–Crippen MR) is 165 cm³/mol. The molecule has 1 fully saturated rings. The van der Waals surface area contributed by atoms with E-state index in [1.807, 2.05) is 30.3 Å². The van der Waals surface area contributed by atoms with Crippen molar-refractivity contribution in [3.05, 3.63) is 71.5 Å². The Morgan fingerprint density at radius 3 is 2.33 bits per heavy atom. The molecular weight excluding hydrogens is 581 g/mol. The van der Waals surface area contributed by atoms with Crippen LogP contribution >= 0.6 is 0 Å². The molecule has 0 saturated carbocycles. The quantitative estimate of drug-likeness (QED) is 0.417. The highest BCUT2D eigenvalue weighted by atomic mass is 19.1. The van der Waals surface area contributed by atoms with Gasteiger partial charge in [-0.25, -0.2) is 14.2 Å². The summed E-state index contributed by atoms with van der Waals surface area (Å²) in [6.45, 7) is 8.49. The van der Waals surface area contributed by atoms with Crippen molar-refractivity contribution in [2.75, 3.05) is 26.7 Å². The topological polar surface area (TPSA) is 130 Å². The number of nitrogens with one attached hydrogen (secondary N) is 2. The van der Waals surface area contributed by atoms with E-state index in [4.69, 9.17) is 9.47 Å². The molecule has 12 heteroatoms. The molecule has 0 aromatic heterocycles. The standard InChI is InChI=1S/C33H42FN5O6/c1-31(2,3)45-30(43)36-32(4,5)28(41)35-25(20-44-19-23-10-8-7-9-11-23)27(40)39-17-16-26-33(21-39,29(42)38(6)37-26)18-22-12-14-24(34)15-13-22/h7-15,25H,16-21H2,1-6H3,(H,35,41)(H,36,43)/t25-,33?/m1/s1. The van der Waals surface area contributed by atoms with Gasteiger partial charge in [-0.15, -0.1) is 0 Å². The lowest BCUT2D eigenvalue weighted by molar-refractivity contribution is -0.144. The first-order valence-corrected chi connectivity index (χ1v) is 14.9. The highest BCUT2D eigenvalue weighted by molar-refractivity contribution is 6.13. The van der Waals surface area contributed by atoms with Crippen molar-refractivity contribution < 1.29 is 33.0 Å². The lowest BCUT2D eigenvalue weighted by Crippen LogP contribution is -2.63. The van der Waals surface area contributed by atoms with Crippen molar-refractivity contribution in [1.29, 1.82) is 0 Å². The molecule has 45 heavy (non-hydrogen) atoms. The summed E-state index contributed by atoms with van der Waals surface area (Å²) in [5, 5.41) is 11.1. The summed E-state index contributed by atoms with van der Waals surface area (Å²) in [6, 6.07) is 14.2. The van der Waals surface area contributed by atoms with E-state index in [1.54, 1.807) is 44.9 Å². The van der Waals surface area contributed by atoms with Gasteiger partial charge >= 0.3 is 6.09 Å². The van der Waals surface area contributed by atoms with Gasteiger partial charge in [0.25, 0.3) is 5.91 Å². The number of amides is 4. The van der Waals surface area contributed by atoms with Crippen molar-refractivity contribution in [1.82, 2.24) is 20.5 Å². The van der Waals surface area contributed by atoms with Crippen LogP contribution in [-0.2, 0) is 36.9 Å². The lowest BCUT2D eigenvalue weighted by Gasteiger charge is -2.41. The monoisotopic (exact) mass is 623 g/mol. The van der Waals surface area contributed by atoms with Crippen LogP contribution in [0.2, 0.25) is 0 Å². The van der Waals surface area contributed by atoms with Gasteiger partial charge < -0.3 is 25.0 Å². The Morgan fingerprint density at radius 1 is 1.02 bits per heavy atom. The van der Waals surface area contributed by atoms with Crippen molar-refractivity contribution in [3.8, 4) is 0 Å². The number of likely N-dealkylation sites (tertiary alicyclic amines) is 1. The first kappa shape index (κ1) is 33.6. The first-order valence-electron chi connectivity index (χ1n) is 14.9. The zero-order chi connectivity index (χ0) is 33.0. The number of carbonyl (C=O) groups is 4. The smallest absolute Gasteiger partial charge is 0.408 e. The molecule has 2 N–H and O–H groups in total. The van der Waals surface area contributed by atoms with Gasteiger partial charge in [-0.3, -0.25) is 14.4 Å². The summed E-state index contributed by atoms with van der Waals surface area (Å²) in [5.41, 5.74) is -1.06. The summed E-state index contributed by atoms with van der Waals surface area (Å²) in [7, 11) is 1.58. The van der Waals surface area contributed by atoms with Gasteiger partial charge in [0.15, 0.2) is 0 Å². The zero-order valence-electron chi connectivity index (χ0n) is 26.7. The molecule has 2 aromatic rings. The van der Waals surface area contributed by atoms with Gasteiger partial charge in [-0.2, -0.15) is 5.10 Å². The minimum Gasteiger partial charge on any atom is -0.444 e. The second-order valence-electron chi connectivity index (χ2n) is 13.0. The molecule has 4 rings (SSSR count). The summed E-state index contributed by atoms with van der Waals surface area (Å²) in [5.74, 6) is -1.71. The molecule has 2 aromatic carbocycles. The molecule has 1 unspecified atom stereocenters. The number of nitrogens with zero attached hydrogens (tertiary/aromatic N) is 3. The number of benzene rings is 2. The number of carbonyl (C=O) groups excluding carboxylic acids is 4. The van der Waals surface area contributed by atoms with E-state index in [0.29, 0.717) is 12.1 Å². The summed E-state index contributed by atoms with van der Waals surface area (Å²) in [6.07, 6.45) is -0.200. The van der Waals surface area contributed by atoms with Gasteiger partial charge in [0.05, 0.1) is 18.9 Å². The maximum Gasteiger partial charge on any atom is 0.408 e. The molecular formula is C33H42FN5O6. The largest absolute Gasteiger partial charge is 0.444 e. The number of ether oxygens (including phenoxy) is 2. The van der Waals surface area contributed by atoms with E-state index >= 15 is 0 Å². The summed E-state index contributed by atoms with van der Waals surface area (Å²) in [4.78, 5) is 55.2. The van der Waals surface area contributed by atoms with Gasteiger partial charge in [0.2, 0.25) is 11.8 Å². The number of hydrazone groups is 1. The Labute approximate surface area is 263 Å². The molecule has 2 atom stereocenters. The van der Waals surface area contributed by atoms with Crippen molar-refractivity contribution in [2.24, 2.45) is 10.5 Å². The molecule has 2 aliphatic rings. The fraction of sp³-hybridized carbons (Fsp3) is 0.485. The average molecular weight is 624 g/mol. The van der Waals surface area contributed by atoms with Crippen molar-refractivity contribution in [2.45, 2.75) is 71.2 Å². The third kappa shape index (κ3) is 8.24. The molecule has 0 radical (unpaired) electrons. The van der Waals surface area contributed by atoms with Crippen LogP contribution in [-0.4, -0.2) is 83.4 Å². The minimum atomic E-state index is -1.43. The number of hydrogen-bond acceptors (Lipinski definition) is 7. The van der Waals surface area contributed by atoms with Crippen LogP contribution in [0.1, 0.15) is 52.2 Å². The maximum absolute atomic E-state index is 14.1. The number of rotatable bonds is 10. The van der Waals surface area contributed by atoms with Crippen LogP contribution in [0.5, 0.6) is 0 Å². The number of hydrogen-bond donors (Lipinski definition) is 2. The summed E-state index contributed by atoms with van der Waals surface area (Å²) < 4.78 is 24.9. The fourth-order valence-corrected chi connectivity index (χ4v) is 5.44. The molecule has 0 spiro atoms. The van der Waals surface area contributed by atoms with Crippen LogP contribution in [0.15, 0.2) is 59.7 Å². The van der Waals surface area contributed by atoms with Gasteiger partial charge in [0.1, 0.15) is 28.4 Å². The molecule has 0 aliphatic carbocycles. The molecule has 1 saturated heterocycles. The van der Waals surface area contributed by atoms with E-state index < -0.39 is 46.3 Å². The van der Waals surface area contributed by atoms with E-state index in [-0.39, 0.29) is 38.6 Å². The van der Waals surface area contributed by atoms with E-state index in [0.717, 1.165) is 11.1 Å². The zero-order valence-corrected chi connectivity index (χ0v) is 26.7. The second kappa shape index (κ2) is 13.4. The van der Waals surface area contributed by atoms with Gasteiger partial charge in [-0.1, -0.05) is 42.5 Å². The molecule has 242 valence electrons. The molecule has 0 bridgehead atoms.